The second-order valence-corrected chi connectivity index (χ2v) is 5.46. The van der Waals surface area contributed by atoms with E-state index in [0.717, 1.165) is 4.47 Å². The number of benzene rings is 1. The van der Waals surface area contributed by atoms with Crippen molar-refractivity contribution in [3.63, 3.8) is 0 Å². The van der Waals surface area contributed by atoms with Gasteiger partial charge in [0.05, 0.1) is 0 Å². The Balaban J connectivity index is 2.40. The lowest BCUT2D eigenvalue weighted by Crippen LogP contribution is -2.43. The number of amides is 1. The summed E-state index contributed by atoms with van der Waals surface area (Å²) in [7, 11) is 0. The average molecular weight is 286 g/mol. The van der Waals surface area contributed by atoms with Crippen LogP contribution in [0.4, 0.5) is 0 Å². The van der Waals surface area contributed by atoms with Crippen molar-refractivity contribution in [3.05, 3.63) is 28.7 Å². The smallest absolute Gasteiger partial charge is 0.258 e. The zero-order valence-electron chi connectivity index (χ0n) is 9.71. The Morgan fingerprint density at radius 1 is 1.31 bits per heavy atom. The fraction of sp³-hybridized carbons (Fsp3) is 0.417. The van der Waals surface area contributed by atoms with E-state index in [2.05, 4.69) is 21.2 Å². The number of ether oxygens (including phenoxy) is 1. The van der Waals surface area contributed by atoms with E-state index in [1.54, 1.807) is 0 Å². The number of rotatable bonds is 3. The molecule has 0 aliphatic rings. The van der Waals surface area contributed by atoms with Crippen LogP contribution in [-0.4, -0.2) is 18.1 Å². The molecule has 1 aromatic carbocycles. The van der Waals surface area contributed by atoms with E-state index in [0.29, 0.717) is 5.75 Å². The molecule has 0 atom stereocenters. The number of hydrogen-bond donors (Lipinski definition) is 1. The fourth-order valence-corrected chi connectivity index (χ4v) is 1.40. The van der Waals surface area contributed by atoms with Crippen LogP contribution in [0.15, 0.2) is 28.7 Å². The van der Waals surface area contributed by atoms with Crippen LogP contribution in [0.3, 0.4) is 0 Å². The van der Waals surface area contributed by atoms with Gasteiger partial charge in [0.2, 0.25) is 0 Å². The molecule has 4 heteroatoms. The van der Waals surface area contributed by atoms with Crippen LogP contribution >= 0.6 is 15.9 Å². The highest BCUT2D eigenvalue weighted by Crippen LogP contribution is 2.15. The van der Waals surface area contributed by atoms with Crippen LogP contribution in [0.2, 0.25) is 0 Å². The van der Waals surface area contributed by atoms with E-state index in [1.165, 1.54) is 0 Å². The van der Waals surface area contributed by atoms with Crippen molar-refractivity contribution < 1.29 is 9.53 Å². The molecule has 0 aromatic heterocycles. The van der Waals surface area contributed by atoms with Crippen LogP contribution in [0.5, 0.6) is 5.75 Å². The highest BCUT2D eigenvalue weighted by atomic mass is 79.9. The molecule has 1 N–H and O–H groups in total. The minimum Gasteiger partial charge on any atom is -0.484 e. The minimum absolute atomic E-state index is 0.0406. The molecule has 0 spiro atoms. The molecule has 0 fully saturated rings. The summed E-state index contributed by atoms with van der Waals surface area (Å²) in [6, 6.07) is 7.37. The van der Waals surface area contributed by atoms with Crippen molar-refractivity contribution >= 4 is 21.8 Å². The molecule has 1 amide bonds. The van der Waals surface area contributed by atoms with Gasteiger partial charge in [-0.15, -0.1) is 0 Å². The molecule has 0 saturated heterocycles. The third-order valence-electron chi connectivity index (χ3n) is 1.70. The number of nitrogens with one attached hydrogen (secondary N) is 1. The van der Waals surface area contributed by atoms with Gasteiger partial charge in [-0.1, -0.05) is 15.9 Å². The summed E-state index contributed by atoms with van der Waals surface area (Å²) in [5.74, 6) is 0.572. The summed E-state index contributed by atoms with van der Waals surface area (Å²) in [5.41, 5.74) is -0.222. The number of carbonyl (C=O) groups is 1. The minimum atomic E-state index is -0.222. The number of halogens is 1. The van der Waals surface area contributed by atoms with E-state index in [1.807, 2.05) is 45.0 Å². The van der Waals surface area contributed by atoms with Gasteiger partial charge in [-0.3, -0.25) is 4.79 Å². The first-order valence-electron chi connectivity index (χ1n) is 5.06. The fourth-order valence-electron chi connectivity index (χ4n) is 1.13. The molecule has 1 rings (SSSR count). The standard InChI is InChI=1S/C12H16BrNO2/c1-12(2,3)14-11(15)8-16-10-6-4-9(13)5-7-10/h4-7H,8H2,1-3H3,(H,14,15). The highest BCUT2D eigenvalue weighted by Gasteiger charge is 2.13. The van der Waals surface area contributed by atoms with E-state index < -0.39 is 0 Å². The van der Waals surface area contributed by atoms with Crippen LogP contribution < -0.4 is 10.1 Å². The maximum atomic E-state index is 11.5. The summed E-state index contributed by atoms with van der Waals surface area (Å²) in [6.07, 6.45) is 0. The molecule has 0 heterocycles. The third kappa shape index (κ3) is 5.16. The van der Waals surface area contributed by atoms with Crippen LogP contribution in [0, 0.1) is 0 Å². The molecule has 1 aromatic rings. The first-order valence-corrected chi connectivity index (χ1v) is 5.85. The van der Waals surface area contributed by atoms with Crippen molar-refractivity contribution in [3.8, 4) is 5.75 Å². The van der Waals surface area contributed by atoms with Crippen molar-refractivity contribution in [1.82, 2.24) is 5.32 Å². The Morgan fingerprint density at radius 3 is 2.38 bits per heavy atom. The normalized spacial score (nSPS) is 11.0. The predicted octanol–water partition coefficient (Wildman–Crippen LogP) is 2.74. The predicted molar refractivity (Wildman–Crippen MR) is 67.5 cm³/mol. The van der Waals surface area contributed by atoms with E-state index in [9.17, 15) is 4.79 Å². The molecule has 0 unspecified atom stereocenters. The number of hydrogen-bond acceptors (Lipinski definition) is 2. The summed E-state index contributed by atoms with van der Waals surface area (Å²) in [5, 5.41) is 2.83. The Hall–Kier alpha value is -1.03. The monoisotopic (exact) mass is 285 g/mol. The second-order valence-electron chi connectivity index (χ2n) is 4.54. The molecule has 0 radical (unpaired) electrons. The Kier molecular flexibility index (Phi) is 4.35. The van der Waals surface area contributed by atoms with Gasteiger partial charge in [-0.2, -0.15) is 0 Å². The lowest BCUT2D eigenvalue weighted by Gasteiger charge is -2.20. The van der Waals surface area contributed by atoms with E-state index in [4.69, 9.17) is 4.74 Å². The Bertz CT molecular complexity index is 354. The van der Waals surface area contributed by atoms with Crippen LogP contribution in [0.25, 0.3) is 0 Å². The maximum Gasteiger partial charge on any atom is 0.258 e. The first kappa shape index (κ1) is 13.0. The van der Waals surface area contributed by atoms with Gasteiger partial charge in [0.15, 0.2) is 6.61 Å². The lowest BCUT2D eigenvalue weighted by atomic mass is 10.1. The molecular weight excluding hydrogens is 270 g/mol. The van der Waals surface area contributed by atoms with Crippen molar-refractivity contribution in [2.45, 2.75) is 26.3 Å². The van der Waals surface area contributed by atoms with E-state index >= 15 is 0 Å². The third-order valence-corrected chi connectivity index (χ3v) is 2.23. The summed E-state index contributed by atoms with van der Waals surface area (Å²) < 4.78 is 6.32. The largest absolute Gasteiger partial charge is 0.484 e. The number of carbonyl (C=O) groups excluding carboxylic acids is 1. The molecular formula is C12H16BrNO2. The van der Waals surface area contributed by atoms with Crippen molar-refractivity contribution in [2.24, 2.45) is 0 Å². The maximum absolute atomic E-state index is 11.5. The molecule has 3 nitrogen and oxygen atoms in total. The van der Waals surface area contributed by atoms with Gasteiger partial charge in [0.1, 0.15) is 5.75 Å². The van der Waals surface area contributed by atoms with E-state index in [-0.39, 0.29) is 18.1 Å². The van der Waals surface area contributed by atoms with Crippen molar-refractivity contribution in [1.29, 1.82) is 0 Å². The summed E-state index contributed by atoms with van der Waals surface area (Å²) >= 11 is 3.33. The topological polar surface area (TPSA) is 38.3 Å². The Morgan fingerprint density at radius 2 is 1.88 bits per heavy atom. The SMILES string of the molecule is CC(C)(C)NC(=O)COc1ccc(Br)cc1. The molecule has 88 valence electrons. The highest BCUT2D eigenvalue weighted by molar-refractivity contribution is 9.10. The zero-order chi connectivity index (χ0) is 12.2. The van der Waals surface area contributed by atoms with Gasteiger partial charge in [0.25, 0.3) is 5.91 Å². The van der Waals surface area contributed by atoms with Crippen LogP contribution in [0.1, 0.15) is 20.8 Å². The average Bonchev–Trinajstić information content (AvgIpc) is 2.14. The van der Waals surface area contributed by atoms with Crippen LogP contribution in [-0.2, 0) is 4.79 Å². The van der Waals surface area contributed by atoms with Gasteiger partial charge < -0.3 is 10.1 Å². The molecule has 0 aliphatic heterocycles. The Labute approximate surface area is 104 Å². The van der Waals surface area contributed by atoms with Gasteiger partial charge in [-0.05, 0) is 45.0 Å². The van der Waals surface area contributed by atoms with Gasteiger partial charge >= 0.3 is 0 Å². The summed E-state index contributed by atoms with van der Waals surface area (Å²) in [6.45, 7) is 5.85. The molecule has 0 bridgehead atoms. The van der Waals surface area contributed by atoms with Gasteiger partial charge in [0, 0.05) is 10.0 Å². The molecule has 16 heavy (non-hydrogen) atoms. The summed E-state index contributed by atoms with van der Waals surface area (Å²) in [4.78, 5) is 11.5. The van der Waals surface area contributed by atoms with Gasteiger partial charge in [-0.25, -0.2) is 0 Å². The molecule has 0 saturated carbocycles. The zero-order valence-corrected chi connectivity index (χ0v) is 11.3. The quantitative estimate of drug-likeness (QED) is 0.927. The van der Waals surface area contributed by atoms with Crippen molar-refractivity contribution in [2.75, 3.05) is 6.61 Å². The first-order chi connectivity index (χ1) is 7.37. The lowest BCUT2D eigenvalue weighted by molar-refractivity contribution is -0.124. The molecule has 0 aliphatic carbocycles. The second kappa shape index (κ2) is 5.34.